The molecule has 4 aromatic rings. The second-order valence-electron chi connectivity index (χ2n) is 10.2. The van der Waals surface area contributed by atoms with Gasteiger partial charge in [0.2, 0.25) is 0 Å². The molecule has 2 atom stereocenters. The van der Waals surface area contributed by atoms with Gasteiger partial charge >= 0.3 is 12.2 Å². The van der Waals surface area contributed by atoms with Crippen molar-refractivity contribution in [2.24, 2.45) is 0 Å². The lowest BCUT2D eigenvalue weighted by molar-refractivity contribution is -0.140. The molecule has 0 radical (unpaired) electrons. The third-order valence-corrected chi connectivity index (χ3v) is 7.73. The Morgan fingerprint density at radius 3 is 2.48 bits per heavy atom. The number of carbonyl (C=O) groups is 3. The normalized spacial score (nSPS) is 18.2. The number of amides is 3. The molecule has 5 heterocycles. The summed E-state index contributed by atoms with van der Waals surface area (Å²) in [6.07, 6.45) is 0.0759. The van der Waals surface area contributed by atoms with Gasteiger partial charge in [0.15, 0.2) is 17.2 Å². The average molecular weight is 665 g/mol. The maximum atomic E-state index is 13.4. The van der Waals surface area contributed by atoms with Gasteiger partial charge in [-0.05, 0) is 18.2 Å². The van der Waals surface area contributed by atoms with Crippen LogP contribution in [0.2, 0.25) is 5.02 Å². The lowest BCUT2D eigenvalue weighted by atomic mass is 10.1. The fourth-order valence-corrected chi connectivity index (χ4v) is 5.42. The number of hydrogen-bond acceptors (Lipinski definition) is 9. The number of benzene rings is 1. The zero-order valence-corrected chi connectivity index (χ0v) is 24.6. The molecule has 2 fully saturated rings. The molecule has 3 amide bonds. The standard InChI is InChI=1S/C26H26ClF3N10O3.CH2O2/c27-17-9-14(35-22-23-33-12-19(40(23)4-3-32-22)16-10-34-37-21(16)26(28,29)30)1-2-15(17)24(42)38-5-7-39(8-6-38)25(43)36-18-11-31-13-20(18)41;2-1-3/h1-4,9-10,12,18,20,31,41H,5-8,11,13H2,(H,32,35)(H,34,37)(H,36,43);1H,(H,2,3)/t18-,20-;/m0./s1. The Hall–Kier alpha value is -4.94. The summed E-state index contributed by atoms with van der Waals surface area (Å²) in [5, 5.41) is 31.5. The van der Waals surface area contributed by atoms with Gasteiger partial charge in [-0.25, -0.2) is 14.8 Å². The number of H-pyrrole nitrogens is 1. The summed E-state index contributed by atoms with van der Waals surface area (Å²) in [5.41, 5.74) is -0.0154. The van der Waals surface area contributed by atoms with Crippen LogP contribution in [0.5, 0.6) is 0 Å². The summed E-state index contributed by atoms with van der Waals surface area (Å²) in [5.74, 6) is -0.0259. The number of nitrogens with one attached hydrogen (secondary N) is 4. The smallest absolute Gasteiger partial charge is 0.435 e. The first-order chi connectivity index (χ1) is 22.0. The minimum atomic E-state index is -4.65. The van der Waals surface area contributed by atoms with Gasteiger partial charge in [-0.2, -0.15) is 18.3 Å². The van der Waals surface area contributed by atoms with Crippen molar-refractivity contribution in [3.05, 3.63) is 59.3 Å². The van der Waals surface area contributed by atoms with Crippen LogP contribution in [-0.2, 0) is 11.0 Å². The molecule has 2 saturated heterocycles. The molecule has 0 spiro atoms. The minimum Gasteiger partial charge on any atom is -0.483 e. The number of piperazine rings is 1. The largest absolute Gasteiger partial charge is 0.483 e. The van der Waals surface area contributed by atoms with Gasteiger partial charge in [-0.15, -0.1) is 0 Å². The van der Waals surface area contributed by atoms with Crippen molar-refractivity contribution in [2.75, 3.05) is 44.6 Å². The minimum absolute atomic E-state index is 0.158. The molecule has 3 aromatic heterocycles. The molecule has 1 aromatic carbocycles. The Kier molecular flexibility index (Phi) is 9.59. The topological polar surface area (TPSA) is 193 Å². The molecule has 2 aliphatic rings. The van der Waals surface area contributed by atoms with E-state index in [4.69, 9.17) is 21.5 Å². The zero-order valence-electron chi connectivity index (χ0n) is 23.8. The van der Waals surface area contributed by atoms with E-state index < -0.39 is 18.0 Å². The average Bonchev–Trinajstić information content (AvgIpc) is 3.78. The highest BCUT2D eigenvalue weighted by Crippen LogP contribution is 2.36. The van der Waals surface area contributed by atoms with E-state index in [-0.39, 0.29) is 57.8 Å². The predicted molar refractivity (Wildman–Crippen MR) is 158 cm³/mol. The summed E-state index contributed by atoms with van der Waals surface area (Å²) in [6, 6.07) is 4.11. The number of imidazole rings is 1. The molecule has 0 aliphatic carbocycles. The summed E-state index contributed by atoms with van der Waals surface area (Å²) in [6.45, 7) is 1.96. The fraction of sp³-hybridized carbons (Fsp3) is 0.333. The van der Waals surface area contributed by atoms with Crippen LogP contribution in [0, 0.1) is 0 Å². The van der Waals surface area contributed by atoms with Crippen LogP contribution in [0.25, 0.3) is 16.9 Å². The van der Waals surface area contributed by atoms with Gasteiger partial charge in [0.1, 0.15) is 0 Å². The molecule has 2 aliphatic heterocycles. The SMILES string of the molecule is O=C(N[C@H]1CNC[C@@H]1O)N1CCN(C(=O)c2ccc(Nc3nccn4c(-c5c[nH]nc5C(F)(F)F)cnc34)cc2Cl)CC1.O=CO. The molecule has 6 rings (SSSR count). The van der Waals surface area contributed by atoms with Gasteiger partial charge < -0.3 is 36.0 Å². The van der Waals surface area contributed by atoms with Crippen molar-refractivity contribution in [3.63, 3.8) is 0 Å². The molecule has 0 saturated carbocycles. The molecular weight excluding hydrogens is 637 g/mol. The van der Waals surface area contributed by atoms with Crippen LogP contribution in [-0.4, -0.2) is 114 Å². The number of nitrogens with zero attached hydrogens (tertiary/aromatic N) is 6. The number of halogens is 4. The molecule has 244 valence electrons. The third-order valence-electron chi connectivity index (χ3n) is 7.42. The Morgan fingerprint density at radius 1 is 1.11 bits per heavy atom. The number of rotatable bonds is 5. The van der Waals surface area contributed by atoms with E-state index in [1.807, 2.05) is 0 Å². The van der Waals surface area contributed by atoms with E-state index >= 15 is 0 Å². The number of carbonyl (C=O) groups excluding carboxylic acids is 2. The van der Waals surface area contributed by atoms with Gasteiger partial charge in [-0.1, -0.05) is 11.6 Å². The third kappa shape index (κ3) is 6.82. The van der Waals surface area contributed by atoms with Crippen LogP contribution in [0.1, 0.15) is 16.1 Å². The van der Waals surface area contributed by atoms with E-state index in [2.05, 4.69) is 36.1 Å². The molecule has 15 nitrogen and oxygen atoms in total. The number of β-amino-alcohol motifs (C(OH)–C–C–N with tert-alkyl or cyclic N) is 1. The maximum absolute atomic E-state index is 13.4. The quantitative estimate of drug-likeness (QED) is 0.172. The first kappa shape index (κ1) is 32.5. The van der Waals surface area contributed by atoms with Crippen molar-refractivity contribution in [2.45, 2.75) is 18.3 Å². The van der Waals surface area contributed by atoms with Gasteiger partial charge in [0.05, 0.1) is 40.2 Å². The summed E-state index contributed by atoms with van der Waals surface area (Å²) >= 11 is 6.50. The van der Waals surface area contributed by atoms with Crippen LogP contribution in [0.15, 0.2) is 43.0 Å². The Bertz CT molecular complexity index is 1720. The summed E-state index contributed by atoms with van der Waals surface area (Å²) in [4.78, 5) is 45.9. The van der Waals surface area contributed by atoms with Crippen molar-refractivity contribution in [3.8, 4) is 11.3 Å². The number of anilines is 2. The number of aromatic amines is 1. The van der Waals surface area contributed by atoms with Crippen LogP contribution in [0.3, 0.4) is 0 Å². The van der Waals surface area contributed by atoms with E-state index in [0.29, 0.717) is 45.0 Å². The van der Waals surface area contributed by atoms with Crippen molar-refractivity contribution >= 4 is 47.2 Å². The molecule has 46 heavy (non-hydrogen) atoms. The van der Waals surface area contributed by atoms with Gasteiger partial charge in [0, 0.05) is 63.5 Å². The number of aliphatic hydroxyl groups is 1. The number of hydrogen-bond donors (Lipinski definition) is 6. The van der Waals surface area contributed by atoms with Crippen LogP contribution >= 0.6 is 11.6 Å². The highest BCUT2D eigenvalue weighted by atomic mass is 35.5. The van der Waals surface area contributed by atoms with Gasteiger partial charge in [0.25, 0.3) is 12.4 Å². The first-order valence-corrected chi connectivity index (χ1v) is 14.2. The fourth-order valence-electron chi connectivity index (χ4n) is 5.16. The Labute approximate surface area is 263 Å². The lowest BCUT2D eigenvalue weighted by Gasteiger charge is -2.35. The molecule has 19 heteroatoms. The number of fused-ring (bicyclic) bond motifs is 1. The maximum Gasteiger partial charge on any atom is 0.435 e. The number of carboxylic acid groups (broad SMARTS) is 1. The molecular formula is C27H28ClF3N10O5. The number of alkyl halides is 3. The van der Waals surface area contributed by atoms with E-state index in [9.17, 15) is 27.9 Å². The second kappa shape index (κ2) is 13.6. The zero-order chi connectivity index (χ0) is 33.0. The van der Waals surface area contributed by atoms with Crippen molar-refractivity contribution in [1.82, 2.24) is 45.0 Å². The van der Waals surface area contributed by atoms with E-state index in [1.54, 1.807) is 28.0 Å². The lowest BCUT2D eigenvalue weighted by Crippen LogP contribution is -2.56. The summed E-state index contributed by atoms with van der Waals surface area (Å²) < 4.78 is 41.7. The molecule has 0 unspecified atom stereocenters. The van der Waals surface area contributed by atoms with Crippen LogP contribution < -0.4 is 16.0 Å². The highest BCUT2D eigenvalue weighted by Gasteiger charge is 2.37. The molecule has 0 bridgehead atoms. The summed E-state index contributed by atoms with van der Waals surface area (Å²) in [7, 11) is 0. The molecule has 6 N–H and O–H groups in total. The number of aliphatic hydroxyl groups excluding tert-OH is 1. The highest BCUT2D eigenvalue weighted by molar-refractivity contribution is 6.34. The van der Waals surface area contributed by atoms with E-state index in [0.717, 1.165) is 6.20 Å². The van der Waals surface area contributed by atoms with Crippen molar-refractivity contribution in [1.29, 1.82) is 0 Å². The monoisotopic (exact) mass is 664 g/mol. The van der Waals surface area contributed by atoms with E-state index in [1.165, 1.54) is 23.0 Å². The first-order valence-electron chi connectivity index (χ1n) is 13.8. The Balaban J connectivity index is 0.00000134. The Morgan fingerprint density at radius 2 is 1.83 bits per heavy atom. The number of urea groups is 1. The van der Waals surface area contributed by atoms with Crippen molar-refractivity contribution < 1.29 is 37.8 Å². The number of aromatic nitrogens is 5. The van der Waals surface area contributed by atoms with Gasteiger partial charge in [-0.3, -0.25) is 19.1 Å². The van der Waals surface area contributed by atoms with Crippen LogP contribution in [0.4, 0.5) is 29.5 Å². The second-order valence-corrected chi connectivity index (χ2v) is 10.7. The predicted octanol–water partition coefficient (Wildman–Crippen LogP) is 2.04.